The Morgan fingerprint density at radius 2 is 2.03 bits per heavy atom. The first kappa shape index (κ1) is 21.2. The van der Waals surface area contributed by atoms with E-state index in [1.807, 2.05) is 50.2 Å². The van der Waals surface area contributed by atoms with E-state index in [9.17, 15) is 10.1 Å². The number of fused-ring (bicyclic) bond motifs is 1. The standard InChI is InChI=1S/C22H23ClN4OS/c1-15(2)22(3,14-24)26-20(28)13-29-21-25-18-11-17(23)9-10-19(18)27(21)12-16-7-5-4-6-8-16/h4-11,15H,12-13H2,1-3H3,(H,26,28). The Morgan fingerprint density at radius 1 is 1.31 bits per heavy atom. The highest BCUT2D eigenvalue weighted by Gasteiger charge is 2.30. The van der Waals surface area contributed by atoms with E-state index in [-0.39, 0.29) is 17.6 Å². The number of nitriles is 1. The molecule has 7 heteroatoms. The number of rotatable bonds is 7. The van der Waals surface area contributed by atoms with Crippen LogP contribution in [0.15, 0.2) is 53.7 Å². The van der Waals surface area contributed by atoms with Crippen LogP contribution in [0.25, 0.3) is 11.0 Å². The van der Waals surface area contributed by atoms with Crippen LogP contribution in [-0.2, 0) is 11.3 Å². The van der Waals surface area contributed by atoms with Gasteiger partial charge in [0.2, 0.25) is 5.91 Å². The van der Waals surface area contributed by atoms with Gasteiger partial charge in [0.1, 0.15) is 5.54 Å². The molecule has 1 heterocycles. The van der Waals surface area contributed by atoms with E-state index in [2.05, 4.69) is 33.1 Å². The average molecular weight is 427 g/mol. The van der Waals surface area contributed by atoms with Crippen LogP contribution in [0.2, 0.25) is 5.02 Å². The van der Waals surface area contributed by atoms with Crippen molar-refractivity contribution in [2.75, 3.05) is 5.75 Å². The molecule has 0 saturated heterocycles. The molecule has 1 amide bonds. The van der Waals surface area contributed by atoms with E-state index in [4.69, 9.17) is 11.6 Å². The molecule has 0 bridgehead atoms. The molecule has 29 heavy (non-hydrogen) atoms. The SMILES string of the molecule is CC(C)C(C)(C#N)NC(=O)CSc1nc2cc(Cl)ccc2n1Cc1ccccc1. The van der Waals surface area contributed by atoms with Crippen molar-refractivity contribution in [2.45, 2.75) is 38.0 Å². The van der Waals surface area contributed by atoms with Crippen LogP contribution in [0.3, 0.4) is 0 Å². The monoisotopic (exact) mass is 426 g/mol. The molecule has 5 nitrogen and oxygen atoms in total. The van der Waals surface area contributed by atoms with Crippen LogP contribution < -0.4 is 5.32 Å². The first-order valence-corrected chi connectivity index (χ1v) is 10.7. The first-order valence-electron chi connectivity index (χ1n) is 9.37. The molecule has 2 aromatic carbocycles. The van der Waals surface area contributed by atoms with E-state index >= 15 is 0 Å². The number of nitrogens with zero attached hydrogens (tertiary/aromatic N) is 3. The van der Waals surface area contributed by atoms with Gasteiger partial charge in [-0.25, -0.2) is 4.98 Å². The van der Waals surface area contributed by atoms with Crippen LogP contribution in [0.5, 0.6) is 0 Å². The van der Waals surface area contributed by atoms with Gasteiger partial charge < -0.3 is 9.88 Å². The highest BCUT2D eigenvalue weighted by molar-refractivity contribution is 7.99. The van der Waals surface area contributed by atoms with Gasteiger partial charge >= 0.3 is 0 Å². The fourth-order valence-corrected chi connectivity index (χ4v) is 3.85. The van der Waals surface area contributed by atoms with Crippen molar-refractivity contribution in [3.8, 4) is 6.07 Å². The molecule has 150 valence electrons. The molecule has 0 fully saturated rings. The number of aromatic nitrogens is 2. The molecule has 3 rings (SSSR count). The maximum absolute atomic E-state index is 12.5. The number of hydrogen-bond acceptors (Lipinski definition) is 4. The van der Waals surface area contributed by atoms with Gasteiger partial charge in [0.25, 0.3) is 0 Å². The highest BCUT2D eigenvalue weighted by Crippen LogP contribution is 2.27. The molecular formula is C22H23ClN4OS. The molecule has 0 saturated carbocycles. The Bertz CT molecular complexity index is 1060. The minimum absolute atomic E-state index is 0.00578. The largest absolute Gasteiger partial charge is 0.337 e. The number of benzene rings is 2. The first-order chi connectivity index (χ1) is 13.8. The van der Waals surface area contributed by atoms with Gasteiger partial charge in [-0.15, -0.1) is 0 Å². The molecule has 0 spiro atoms. The third-order valence-electron chi connectivity index (χ3n) is 4.98. The van der Waals surface area contributed by atoms with Gasteiger partial charge in [-0.2, -0.15) is 5.26 Å². The third-order valence-corrected chi connectivity index (χ3v) is 6.19. The average Bonchev–Trinajstić information content (AvgIpc) is 3.03. The van der Waals surface area contributed by atoms with E-state index < -0.39 is 5.54 Å². The molecule has 0 aliphatic heterocycles. The van der Waals surface area contributed by atoms with Crippen molar-refractivity contribution >= 4 is 40.3 Å². The molecule has 1 N–H and O–H groups in total. The predicted molar refractivity (Wildman–Crippen MR) is 118 cm³/mol. The lowest BCUT2D eigenvalue weighted by Crippen LogP contribution is -2.49. The number of thioether (sulfide) groups is 1. The Balaban J connectivity index is 1.84. The lowest BCUT2D eigenvalue weighted by Gasteiger charge is -2.27. The summed E-state index contributed by atoms with van der Waals surface area (Å²) >= 11 is 7.49. The van der Waals surface area contributed by atoms with Crippen molar-refractivity contribution in [1.82, 2.24) is 14.9 Å². The molecule has 0 aliphatic rings. The van der Waals surface area contributed by atoms with Crippen molar-refractivity contribution in [3.05, 3.63) is 59.1 Å². The summed E-state index contributed by atoms with van der Waals surface area (Å²) in [7, 11) is 0. The van der Waals surface area contributed by atoms with Gasteiger partial charge in [0, 0.05) is 5.02 Å². The second-order valence-electron chi connectivity index (χ2n) is 7.40. The number of imidazole rings is 1. The number of carbonyl (C=O) groups excluding carboxylic acids is 1. The van der Waals surface area contributed by atoms with Gasteiger partial charge in [0.15, 0.2) is 5.16 Å². The van der Waals surface area contributed by atoms with E-state index in [1.165, 1.54) is 11.8 Å². The molecule has 3 aromatic rings. The maximum Gasteiger partial charge on any atom is 0.231 e. The molecule has 1 aromatic heterocycles. The Kier molecular flexibility index (Phi) is 6.51. The fourth-order valence-electron chi connectivity index (χ4n) is 2.87. The highest BCUT2D eigenvalue weighted by atomic mass is 35.5. The van der Waals surface area contributed by atoms with Gasteiger partial charge in [-0.1, -0.05) is 67.5 Å². The van der Waals surface area contributed by atoms with Crippen LogP contribution >= 0.6 is 23.4 Å². The molecule has 0 aliphatic carbocycles. The van der Waals surface area contributed by atoms with Gasteiger partial charge in [-0.05, 0) is 36.6 Å². The van der Waals surface area contributed by atoms with Gasteiger partial charge in [-0.3, -0.25) is 4.79 Å². The number of amides is 1. The Morgan fingerprint density at radius 3 is 2.69 bits per heavy atom. The quantitative estimate of drug-likeness (QED) is 0.546. The topological polar surface area (TPSA) is 70.7 Å². The molecule has 1 unspecified atom stereocenters. The summed E-state index contributed by atoms with van der Waals surface area (Å²) < 4.78 is 2.09. The lowest BCUT2D eigenvalue weighted by atomic mass is 9.90. The predicted octanol–water partition coefficient (Wildman–Crippen LogP) is 4.88. The zero-order valence-electron chi connectivity index (χ0n) is 16.6. The third kappa shape index (κ3) is 4.92. The fraction of sp³-hybridized carbons (Fsp3) is 0.318. The second-order valence-corrected chi connectivity index (χ2v) is 8.78. The van der Waals surface area contributed by atoms with Crippen LogP contribution in [0.4, 0.5) is 0 Å². The number of nitrogens with one attached hydrogen (secondary N) is 1. The normalized spacial score (nSPS) is 13.2. The maximum atomic E-state index is 12.5. The lowest BCUT2D eigenvalue weighted by molar-refractivity contribution is -0.120. The van der Waals surface area contributed by atoms with Crippen LogP contribution in [0.1, 0.15) is 26.3 Å². The van der Waals surface area contributed by atoms with Crippen LogP contribution in [0, 0.1) is 17.2 Å². The summed E-state index contributed by atoms with van der Waals surface area (Å²) in [6, 6.07) is 17.9. The summed E-state index contributed by atoms with van der Waals surface area (Å²) in [5, 5.41) is 13.6. The minimum atomic E-state index is -0.894. The van der Waals surface area contributed by atoms with Crippen LogP contribution in [-0.4, -0.2) is 26.8 Å². The number of halogens is 1. The molecular weight excluding hydrogens is 404 g/mol. The zero-order valence-corrected chi connectivity index (χ0v) is 18.2. The van der Waals surface area contributed by atoms with Crippen molar-refractivity contribution < 1.29 is 4.79 Å². The summed E-state index contributed by atoms with van der Waals surface area (Å²) in [5.41, 5.74) is 2.01. The number of carbonyl (C=O) groups is 1. The molecule has 1 atom stereocenters. The Hall–Kier alpha value is -2.49. The van der Waals surface area contributed by atoms with Crippen molar-refractivity contribution in [1.29, 1.82) is 5.26 Å². The van der Waals surface area contributed by atoms with Crippen molar-refractivity contribution in [3.63, 3.8) is 0 Å². The summed E-state index contributed by atoms with van der Waals surface area (Å²) in [6.45, 7) is 6.22. The van der Waals surface area contributed by atoms with E-state index in [0.717, 1.165) is 21.8 Å². The minimum Gasteiger partial charge on any atom is -0.337 e. The van der Waals surface area contributed by atoms with Gasteiger partial charge in [0.05, 0.1) is 29.4 Å². The summed E-state index contributed by atoms with van der Waals surface area (Å²) in [4.78, 5) is 17.2. The van der Waals surface area contributed by atoms with E-state index in [0.29, 0.717) is 11.6 Å². The summed E-state index contributed by atoms with van der Waals surface area (Å²) in [5.74, 6) is -0.00844. The second kappa shape index (κ2) is 8.89. The zero-order chi connectivity index (χ0) is 21.0. The Labute approximate surface area is 180 Å². The summed E-state index contributed by atoms with van der Waals surface area (Å²) in [6.07, 6.45) is 0. The molecule has 0 radical (unpaired) electrons. The number of hydrogen-bond donors (Lipinski definition) is 1. The smallest absolute Gasteiger partial charge is 0.231 e. The van der Waals surface area contributed by atoms with E-state index in [1.54, 1.807) is 6.92 Å². The van der Waals surface area contributed by atoms with Crippen molar-refractivity contribution in [2.24, 2.45) is 5.92 Å².